The Hall–Kier alpha value is -3.15. The molecule has 5 heteroatoms. The van der Waals surface area contributed by atoms with Crippen molar-refractivity contribution in [2.75, 3.05) is 44.6 Å². The lowest BCUT2D eigenvalue weighted by Gasteiger charge is -2.39. The monoisotopic (exact) mass is 429 g/mol. The zero-order valence-electron chi connectivity index (χ0n) is 18.6. The van der Waals surface area contributed by atoms with Crippen molar-refractivity contribution < 1.29 is 9.53 Å². The summed E-state index contributed by atoms with van der Waals surface area (Å²) in [6, 6.07) is 29.1. The fourth-order valence-corrected chi connectivity index (χ4v) is 4.27. The minimum atomic E-state index is 0.0188. The molecule has 0 atom stereocenters. The summed E-state index contributed by atoms with van der Waals surface area (Å²) in [6.07, 6.45) is 0. The molecule has 0 aromatic heterocycles. The van der Waals surface area contributed by atoms with Gasteiger partial charge in [-0.25, -0.2) is 0 Å². The van der Waals surface area contributed by atoms with Crippen LogP contribution in [0.25, 0.3) is 0 Å². The van der Waals surface area contributed by atoms with Crippen LogP contribution in [0.2, 0.25) is 0 Å². The van der Waals surface area contributed by atoms with Crippen molar-refractivity contribution in [3.8, 4) is 5.75 Å². The standard InChI is InChI=1S/C27H31N3O2/c1-2-32-25-15-13-24(14-16-25)28-26(31)21-29-17-19-30(20-18-29)27(22-9-5-3-6-10-22)23-11-7-4-8-12-23/h3-16,27H,2,17-21H2,1H3,(H,28,31). The first kappa shape index (κ1) is 22.1. The molecule has 1 heterocycles. The first-order valence-corrected chi connectivity index (χ1v) is 11.3. The fraction of sp³-hybridized carbons (Fsp3) is 0.296. The van der Waals surface area contributed by atoms with Gasteiger partial charge >= 0.3 is 0 Å². The Morgan fingerprint density at radius 1 is 0.844 bits per heavy atom. The maximum absolute atomic E-state index is 12.6. The van der Waals surface area contributed by atoms with Crippen molar-refractivity contribution >= 4 is 11.6 Å². The number of nitrogens with one attached hydrogen (secondary N) is 1. The topological polar surface area (TPSA) is 44.8 Å². The summed E-state index contributed by atoms with van der Waals surface area (Å²) in [7, 11) is 0. The molecule has 1 amide bonds. The number of ether oxygens (including phenoxy) is 1. The quantitative estimate of drug-likeness (QED) is 0.575. The lowest BCUT2D eigenvalue weighted by atomic mass is 9.96. The molecule has 4 rings (SSSR count). The van der Waals surface area contributed by atoms with Gasteiger partial charge in [-0.15, -0.1) is 0 Å². The zero-order valence-corrected chi connectivity index (χ0v) is 18.6. The van der Waals surface area contributed by atoms with E-state index in [0.717, 1.165) is 37.6 Å². The minimum Gasteiger partial charge on any atom is -0.494 e. The van der Waals surface area contributed by atoms with Crippen LogP contribution in [-0.4, -0.2) is 55.0 Å². The number of rotatable bonds is 8. The first-order valence-electron chi connectivity index (χ1n) is 11.3. The highest BCUT2D eigenvalue weighted by atomic mass is 16.5. The molecule has 3 aromatic rings. The summed E-state index contributed by atoms with van der Waals surface area (Å²) in [5, 5.41) is 2.99. The van der Waals surface area contributed by atoms with Gasteiger partial charge in [0.2, 0.25) is 5.91 Å². The molecule has 0 unspecified atom stereocenters. The van der Waals surface area contributed by atoms with Gasteiger partial charge in [-0.3, -0.25) is 14.6 Å². The summed E-state index contributed by atoms with van der Waals surface area (Å²) in [5.41, 5.74) is 3.41. The highest BCUT2D eigenvalue weighted by molar-refractivity contribution is 5.92. The van der Waals surface area contributed by atoms with Crippen LogP contribution in [0.15, 0.2) is 84.9 Å². The van der Waals surface area contributed by atoms with Crippen LogP contribution in [0.5, 0.6) is 5.75 Å². The Labute approximate surface area is 190 Å². The minimum absolute atomic E-state index is 0.0188. The van der Waals surface area contributed by atoms with Crippen LogP contribution in [0.4, 0.5) is 5.69 Å². The lowest BCUT2D eigenvalue weighted by molar-refractivity contribution is -0.117. The van der Waals surface area contributed by atoms with Crippen LogP contribution in [0.1, 0.15) is 24.1 Å². The van der Waals surface area contributed by atoms with E-state index in [1.54, 1.807) is 0 Å². The number of amides is 1. The second kappa shape index (κ2) is 10.9. The van der Waals surface area contributed by atoms with Crippen molar-refractivity contribution in [1.29, 1.82) is 0 Å². The third kappa shape index (κ3) is 5.75. The first-order chi connectivity index (χ1) is 15.7. The number of benzene rings is 3. The van der Waals surface area contributed by atoms with Crippen LogP contribution < -0.4 is 10.1 Å². The molecule has 0 spiro atoms. The number of nitrogens with zero attached hydrogens (tertiary/aromatic N) is 2. The zero-order chi connectivity index (χ0) is 22.2. The smallest absolute Gasteiger partial charge is 0.238 e. The second-order valence-corrected chi connectivity index (χ2v) is 8.04. The average Bonchev–Trinajstić information content (AvgIpc) is 2.83. The normalized spacial score (nSPS) is 14.9. The molecular weight excluding hydrogens is 398 g/mol. The van der Waals surface area contributed by atoms with Gasteiger partial charge in [-0.1, -0.05) is 60.7 Å². The van der Waals surface area contributed by atoms with Gasteiger partial charge < -0.3 is 10.1 Å². The maximum atomic E-state index is 12.6. The molecule has 1 aliphatic rings. The number of anilines is 1. The van der Waals surface area contributed by atoms with Gasteiger partial charge in [-0.2, -0.15) is 0 Å². The van der Waals surface area contributed by atoms with Crippen molar-refractivity contribution in [2.24, 2.45) is 0 Å². The largest absolute Gasteiger partial charge is 0.494 e. The lowest BCUT2D eigenvalue weighted by Crippen LogP contribution is -2.49. The summed E-state index contributed by atoms with van der Waals surface area (Å²) in [6.45, 7) is 6.57. The summed E-state index contributed by atoms with van der Waals surface area (Å²) in [5.74, 6) is 0.832. The molecule has 0 aliphatic carbocycles. The van der Waals surface area contributed by atoms with E-state index in [1.165, 1.54) is 11.1 Å². The Balaban J connectivity index is 1.34. The molecular formula is C27H31N3O2. The van der Waals surface area contributed by atoms with Crippen LogP contribution in [-0.2, 0) is 4.79 Å². The van der Waals surface area contributed by atoms with Crippen molar-refractivity contribution in [2.45, 2.75) is 13.0 Å². The summed E-state index contributed by atoms with van der Waals surface area (Å²) in [4.78, 5) is 17.3. The van der Waals surface area contributed by atoms with Crippen LogP contribution in [0.3, 0.4) is 0 Å². The predicted molar refractivity (Wildman–Crippen MR) is 129 cm³/mol. The third-order valence-electron chi connectivity index (χ3n) is 5.82. The van der Waals surface area contributed by atoms with Crippen LogP contribution >= 0.6 is 0 Å². The van der Waals surface area contributed by atoms with Gasteiger partial charge in [0.05, 0.1) is 19.2 Å². The molecule has 1 fully saturated rings. The predicted octanol–water partition coefficient (Wildman–Crippen LogP) is 4.43. The number of carbonyl (C=O) groups is 1. The Morgan fingerprint density at radius 2 is 1.41 bits per heavy atom. The molecule has 0 radical (unpaired) electrons. The molecule has 5 nitrogen and oxygen atoms in total. The van der Waals surface area contributed by atoms with E-state index in [2.05, 4.69) is 75.8 Å². The van der Waals surface area contributed by atoms with Crippen molar-refractivity contribution in [1.82, 2.24) is 9.80 Å². The summed E-state index contributed by atoms with van der Waals surface area (Å²) < 4.78 is 5.45. The van der Waals surface area contributed by atoms with E-state index >= 15 is 0 Å². The Morgan fingerprint density at radius 3 is 1.94 bits per heavy atom. The number of hydrogen-bond acceptors (Lipinski definition) is 4. The maximum Gasteiger partial charge on any atom is 0.238 e. The van der Waals surface area contributed by atoms with Crippen molar-refractivity contribution in [3.63, 3.8) is 0 Å². The second-order valence-electron chi connectivity index (χ2n) is 8.04. The molecule has 1 N–H and O–H groups in total. The molecule has 0 bridgehead atoms. The number of piperazine rings is 1. The number of hydrogen-bond donors (Lipinski definition) is 1. The summed E-state index contributed by atoms with van der Waals surface area (Å²) >= 11 is 0. The van der Waals surface area contributed by atoms with Crippen molar-refractivity contribution in [3.05, 3.63) is 96.1 Å². The van der Waals surface area contributed by atoms with Gasteiger partial charge in [0.15, 0.2) is 0 Å². The van der Waals surface area contributed by atoms with E-state index in [9.17, 15) is 4.79 Å². The molecule has 1 aliphatic heterocycles. The van der Waals surface area contributed by atoms with Crippen LogP contribution in [0, 0.1) is 0 Å². The van der Waals surface area contributed by atoms with E-state index in [1.807, 2.05) is 31.2 Å². The van der Waals surface area contributed by atoms with Gasteiger partial charge in [0.25, 0.3) is 0 Å². The molecule has 0 saturated carbocycles. The SMILES string of the molecule is CCOc1ccc(NC(=O)CN2CCN(C(c3ccccc3)c3ccccc3)CC2)cc1. The van der Waals surface area contributed by atoms with E-state index < -0.39 is 0 Å². The Kier molecular flexibility index (Phi) is 7.54. The van der Waals surface area contributed by atoms with Gasteiger partial charge in [-0.05, 0) is 42.3 Å². The molecule has 32 heavy (non-hydrogen) atoms. The van der Waals surface area contributed by atoms with Gasteiger partial charge in [0.1, 0.15) is 5.75 Å². The van der Waals surface area contributed by atoms with E-state index in [0.29, 0.717) is 13.2 Å². The van der Waals surface area contributed by atoms with Gasteiger partial charge in [0, 0.05) is 31.9 Å². The highest BCUT2D eigenvalue weighted by Gasteiger charge is 2.27. The average molecular weight is 430 g/mol. The third-order valence-corrected chi connectivity index (χ3v) is 5.82. The van der Waals surface area contributed by atoms with E-state index in [-0.39, 0.29) is 11.9 Å². The van der Waals surface area contributed by atoms with E-state index in [4.69, 9.17) is 4.74 Å². The fourth-order valence-electron chi connectivity index (χ4n) is 4.27. The molecule has 3 aromatic carbocycles. The number of carbonyl (C=O) groups excluding carboxylic acids is 1. The molecule has 166 valence electrons. The molecule has 1 saturated heterocycles. The highest BCUT2D eigenvalue weighted by Crippen LogP contribution is 2.29. The Bertz CT molecular complexity index is 929.